The number of Topliss-reactive ketones (excluding diaryl/α,β-unsaturated/α-hetero) is 1. The first kappa shape index (κ1) is 8.97. The maximum atomic E-state index is 11.1. The van der Waals surface area contributed by atoms with Crippen molar-refractivity contribution in [2.75, 3.05) is 0 Å². The Bertz CT molecular complexity index is 299. The zero-order chi connectivity index (χ0) is 9.30. The molecule has 0 aliphatic heterocycles. The van der Waals surface area contributed by atoms with E-state index < -0.39 is 0 Å². The van der Waals surface area contributed by atoms with Crippen molar-refractivity contribution in [2.24, 2.45) is 7.05 Å². The molecule has 0 spiro atoms. The van der Waals surface area contributed by atoms with E-state index >= 15 is 0 Å². The summed E-state index contributed by atoms with van der Waals surface area (Å²) in [6.45, 7) is 5.65. The zero-order valence-electron chi connectivity index (χ0n) is 7.96. The predicted molar refractivity (Wildman–Crippen MR) is 47.3 cm³/mol. The first-order chi connectivity index (χ1) is 5.52. The molecule has 1 aromatic rings. The normalized spacial score (nSPS) is 10.8. The zero-order valence-corrected chi connectivity index (χ0v) is 7.96. The van der Waals surface area contributed by atoms with Crippen LogP contribution >= 0.6 is 0 Å². The molecule has 66 valence electrons. The number of carbonyl (C=O) groups is 1. The fourth-order valence-corrected chi connectivity index (χ4v) is 1.20. The highest BCUT2D eigenvalue weighted by Gasteiger charge is 2.13. The molecule has 0 N–H and O–H groups in total. The van der Waals surface area contributed by atoms with E-state index in [0.29, 0.717) is 5.92 Å². The summed E-state index contributed by atoms with van der Waals surface area (Å²) in [6.07, 6.45) is 1.78. The van der Waals surface area contributed by atoms with Gasteiger partial charge >= 0.3 is 0 Å². The third-order valence-corrected chi connectivity index (χ3v) is 1.78. The number of nitrogens with zero attached hydrogens (tertiary/aromatic N) is 2. The van der Waals surface area contributed by atoms with Crippen molar-refractivity contribution in [3.63, 3.8) is 0 Å². The Balaban J connectivity index is 3.17. The van der Waals surface area contributed by atoms with Gasteiger partial charge in [-0.05, 0) is 12.8 Å². The fourth-order valence-electron chi connectivity index (χ4n) is 1.20. The van der Waals surface area contributed by atoms with Crippen LogP contribution in [0.1, 0.15) is 42.7 Å². The number of carbonyl (C=O) groups excluding carboxylic acids is 1. The van der Waals surface area contributed by atoms with Gasteiger partial charge in [0.25, 0.3) is 0 Å². The average molecular weight is 166 g/mol. The standard InChI is InChI=1S/C9H14N2O/c1-6(2)9-8(7(3)12)5-11(4)10-9/h5-6H,1-4H3. The Hall–Kier alpha value is -1.12. The van der Waals surface area contributed by atoms with Gasteiger partial charge in [0, 0.05) is 13.2 Å². The molecule has 0 bridgehead atoms. The summed E-state index contributed by atoms with van der Waals surface area (Å²) in [4.78, 5) is 11.1. The van der Waals surface area contributed by atoms with Crippen molar-refractivity contribution in [1.29, 1.82) is 0 Å². The molecule has 3 nitrogen and oxygen atoms in total. The molecule has 0 aliphatic rings. The van der Waals surface area contributed by atoms with Gasteiger partial charge in [0.05, 0.1) is 11.3 Å². The predicted octanol–water partition coefficient (Wildman–Crippen LogP) is 1.75. The fraction of sp³-hybridized carbons (Fsp3) is 0.556. The molecular weight excluding hydrogens is 152 g/mol. The van der Waals surface area contributed by atoms with Crippen LogP contribution in [0.5, 0.6) is 0 Å². The van der Waals surface area contributed by atoms with Gasteiger partial charge in [0.1, 0.15) is 0 Å². The molecule has 1 rings (SSSR count). The minimum absolute atomic E-state index is 0.0896. The molecule has 0 aliphatic carbocycles. The summed E-state index contributed by atoms with van der Waals surface area (Å²) in [7, 11) is 1.83. The Morgan fingerprint density at radius 1 is 1.58 bits per heavy atom. The van der Waals surface area contributed by atoms with Crippen LogP contribution in [0.2, 0.25) is 0 Å². The number of hydrogen-bond donors (Lipinski definition) is 0. The van der Waals surface area contributed by atoms with Gasteiger partial charge in [-0.15, -0.1) is 0 Å². The maximum Gasteiger partial charge on any atom is 0.163 e. The van der Waals surface area contributed by atoms with Crippen molar-refractivity contribution < 1.29 is 4.79 Å². The van der Waals surface area contributed by atoms with E-state index in [1.807, 2.05) is 20.9 Å². The van der Waals surface area contributed by atoms with Gasteiger partial charge in [-0.25, -0.2) is 0 Å². The minimum Gasteiger partial charge on any atom is -0.294 e. The minimum atomic E-state index is 0.0896. The van der Waals surface area contributed by atoms with Crippen LogP contribution in [0.15, 0.2) is 6.20 Å². The molecule has 0 atom stereocenters. The molecule has 0 aromatic carbocycles. The van der Waals surface area contributed by atoms with E-state index in [-0.39, 0.29) is 5.78 Å². The molecule has 12 heavy (non-hydrogen) atoms. The molecule has 0 unspecified atom stereocenters. The van der Waals surface area contributed by atoms with E-state index in [2.05, 4.69) is 5.10 Å². The topological polar surface area (TPSA) is 34.9 Å². The average Bonchev–Trinajstić information content (AvgIpc) is 2.31. The van der Waals surface area contributed by atoms with Gasteiger partial charge in [0.2, 0.25) is 0 Å². The lowest BCUT2D eigenvalue weighted by atomic mass is 10.0. The van der Waals surface area contributed by atoms with Crippen molar-refractivity contribution in [3.8, 4) is 0 Å². The monoisotopic (exact) mass is 166 g/mol. The van der Waals surface area contributed by atoms with Gasteiger partial charge < -0.3 is 0 Å². The highest BCUT2D eigenvalue weighted by atomic mass is 16.1. The summed E-state index contributed by atoms with van der Waals surface area (Å²) in [5, 5.41) is 4.23. The number of aromatic nitrogens is 2. The Kier molecular flexibility index (Phi) is 2.31. The summed E-state index contributed by atoms with van der Waals surface area (Å²) in [5.74, 6) is 0.400. The van der Waals surface area contributed by atoms with Gasteiger partial charge in [0.15, 0.2) is 5.78 Å². The molecule has 0 radical (unpaired) electrons. The van der Waals surface area contributed by atoms with Gasteiger partial charge in [-0.1, -0.05) is 13.8 Å². The first-order valence-electron chi connectivity index (χ1n) is 4.07. The molecule has 3 heteroatoms. The largest absolute Gasteiger partial charge is 0.294 e. The third-order valence-electron chi connectivity index (χ3n) is 1.78. The summed E-state index contributed by atoms with van der Waals surface area (Å²) in [6, 6.07) is 0. The smallest absolute Gasteiger partial charge is 0.163 e. The maximum absolute atomic E-state index is 11.1. The third kappa shape index (κ3) is 1.55. The molecule has 0 saturated carbocycles. The van der Waals surface area contributed by atoms with Crippen molar-refractivity contribution in [3.05, 3.63) is 17.5 Å². The first-order valence-corrected chi connectivity index (χ1v) is 4.07. The van der Waals surface area contributed by atoms with Crippen LogP contribution in [0.25, 0.3) is 0 Å². The summed E-state index contributed by atoms with van der Waals surface area (Å²) < 4.78 is 1.69. The second-order valence-corrected chi connectivity index (χ2v) is 3.31. The van der Waals surface area contributed by atoms with Crippen LogP contribution in [-0.4, -0.2) is 15.6 Å². The second-order valence-electron chi connectivity index (χ2n) is 3.31. The van der Waals surface area contributed by atoms with E-state index in [1.54, 1.807) is 17.8 Å². The van der Waals surface area contributed by atoms with E-state index in [0.717, 1.165) is 11.3 Å². The van der Waals surface area contributed by atoms with Gasteiger partial charge in [-0.3, -0.25) is 9.48 Å². The van der Waals surface area contributed by atoms with Crippen LogP contribution < -0.4 is 0 Å². The van der Waals surface area contributed by atoms with E-state index in [4.69, 9.17) is 0 Å². The Morgan fingerprint density at radius 3 is 2.50 bits per heavy atom. The lowest BCUT2D eigenvalue weighted by molar-refractivity contribution is 0.101. The van der Waals surface area contributed by atoms with Gasteiger partial charge in [-0.2, -0.15) is 5.10 Å². The van der Waals surface area contributed by atoms with Crippen molar-refractivity contribution in [1.82, 2.24) is 9.78 Å². The summed E-state index contributed by atoms with van der Waals surface area (Å²) >= 11 is 0. The SMILES string of the molecule is CC(=O)c1cn(C)nc1C(C)C. The van der Waals surface area contributed by atoms with E-state index in [1.165, 1.54) is 0 Å². The quantitative estimate of drug-likeness (QED) is 0.627. The number of aryl methyl sites for hydroxylation is 1. The highest BCUT2D eigenvalue weighted by Crippen LogP contribution is 2.17. The molecular formula is C9H14N2O. The van der Waals surface area contributed by atoms with Crippen LogP contribution in [0, 0.1) is 0 Å². The highest BCUT2D eigenvalue weighted by molar-refractivity contribution is 5.95. The second kappa shape index (κ2) is 3.09. The molecule has 0 saturated heterocycles. The lowest BCUT2D eigenvalue weighted by Crippen LogP contribution is -1.98. The molecule has 1 aromatic heterocycles. The van der Waals surface area contributed by atoms with Crippen molar-refractivity contribution in [2.45, 2.75) is 26.7 Å². The lowest BCUT2D eigenvalue weighted by Gasteiger charge is -2.00. The number of ketones is 1. The van der Waals surface area contributed by atoms with Crippen LogP contribution in [-0.2, 0) is 7.05 Å². The molecule has 0 amide bonds. The van der Waals surface area contributed by atoms with Crippen molar-refractivity contribution >= 4 is 5.78 Å². The Morgan fingerprint density at radius 2 is 2.17 bits per heavy atom. The number of rotatable bonds is 2. The molecule has 1 heterocycles. The van der Waals surface area contributed by atoms with E-state index in [9.17, 15) is 4.79 Å². The molecule has 0 fully saturated rings. The Labute approximate surface area is 72.4 Å². The van der Waals surface area contributed by atoms with Crippen LogP contribution in [0.3, 0.4) is 0 Å². The number of hydrogen-bond acceptors (Lipinski definition) is 2. The van der Waals surface area contributed by atoms with Crippen LogP contribution in [0.4, 0.5) is 0 Å². The summed E-state index contributed by atoms with van der Waals surface area (Å²) in [5.41, 5.74) is 1.64.